The van der Waals surface area contributed by atoms with Crippen LogP contribution in [0.15, 0.2) is 54.6 Å². The maximum atomic E-state index is 6.25. The molecular formula is C21H18Cl2O2. The monoisotopic (exact) mass is 372 g/mol. The van der Waals surface area contributed by atoms with E-state index in [4.69, 9.17) is 32.7 Å². The highest BCUT2D eigenvalue weighted by molar-refractivity contribution is 6.32. The molecule has 0 aliphatic carbocycles. The second-order valence-corrected chi connectivity index (χ2v) is 6.87. The average Bonchev–Trinajstić information content (AvgIpc) is 2.52. The Morgan fingerprint density at radius 2 is 1.00 bits per heavy atom. The Bertz CT molecular complexity index is 848. The first-order valence-corrected chi connectivity index (χ1v) is 8.66. The third kappa shape index (κ3) is 4.47. The standard InChI is InChI=1S/C21H18Cl2O2/c1-13-4-6-20(18(22)10-13)24-16-8-15(3)9-17(12-16)25-21-7-5-14(2)11-19(21)23/h4-12H,1-3H3. The number of aryl methyl sites for hydroxylation is 3. The Morgan fingerprint density at radius 3 is 1.40 bits per heavy atom. The highest BCUT2D eigenvalue weighted by Gasteiger charge is 2.08. The molecule has 0 N–H and O–H groups in total. The second-order valence-electron chi connectivity index (χ2n) is 6.05. The molecule has 0 unspecified atom stereocenters. The summed E-state index contributed by atoms with van der Waals surface area (Å²) in [5.74, 6) is 2.53. The number of benzene rings is 3. The summed E-state index contributed by atoms with van der Waals surface area (Å²) in [5.41, 5.74) is 3.18. The van der Waals surface area contributed by atoms with Crippen molar-refractivity contribution in [1.29, 1.82) is 0 Å². The van der Waals surface area contributed by atoms with Crippen LogP contribution in [0.25, 0.3) is 0 Å². The third-order valence-corrected chi connectivity index (χ3v) is 4.25. The van der Waals surface area contributed by atoms with Crippen molar-refractivity contribution >= 4 is 23.2 Å². The summed E-state index contributed by atoms with van der Waals surface area (Å²) >= 11 is 12.5. The number of rotatable bonds is 4. The van der Waals surface area contributed by atoms with Crippen LogP contribution in [0, 0.1) is 20.8 Å². The Morgan fingerprint density at radius 1 is 0.560 bits per heavy atom. The molecule has 2 nitrogen and oxygen atoms in total. The predicted molar refractivity (Wildman–Crippen MR) is 104 cm³/mol. The molecule has 4 heteroatoms. The van der Waals surface area contributed by atoms with E-state index in [0.29, 0.717) is 33.0 Å². The lowest BCUT2D eigenvalue weighted by molar-refractivity contribution is 0.459. The van der Waals surface area contributed by atoms with Gasteiger partial charge in [0.2, 0.25) is 0 Å². The van der Waals surface area contributed by atoms with Crippen LogP contribution in [0.5, 0.6) is 23.0 Å². The van der Waals surface area contributed by atoms with E-state index in [9.17, 15) is 0 Å². The van der Waals surface area contributed by atoms with Gasteiger partial charge in [-0.25, -0.2) is 0 Å². The molecule has 0 saturated heterocycles. The van der Waals surface area contributed by atoms with Crippen molar-refractivity contribution in [1.82, 2.24) is 0 Å². The maximum absolute atomic E-state index is 6.25. The first kappa shape index (κ1) is 17.7. The minimum atomic E-state index is 0.575. The van der Waals surface area contributed by atoms with Crippen molar-refractivity contribution in [2.75, 3.05) is 0 Å². The average molecular weight is 373 g/mol. The lowest BCUT2D eigenvalue weighted by atomic mass is 10.2. The van der Waals surface area contributed by atoms with E-state index in [2.05, 4.69) is 0 Å². The van der Waals surface area contributed by atoms with E-state index >= 15 is 0 Å². The van der Waals surface area contributed by atoms with Gasteiger partial charge in [-0.15, -0.1) is 0 Å². The molecule has 3 rings (SSSR count). The zero-order chi connectivity index (χ0) is 18.0. The molecule has 0 aliphatic heterocycles. The largest absolute Gasteiger partial charge is 0.456 e. The van der Waals surface area contributed by atoms with Gasteiger partial charge in [0.1, 0.15) is 23.0 Å². The summed E-state index contributed by atoms with van der Waals surface area (Å²) in [5, 5.41) is 1.15. The molecule has 3 aromatic rings. The predicted octanol–water partition coefficient (Wildman–Crippen LogP) is 7.50. The van der Waals surface area contributed by atoms with Crippen molar-refractivity contribution in [3.8, 4) is 23.0 Å². The topological polar surface area (TPSA) is 18.5 Å². The molecule has 0 bridgehead atoms. The van der Waals surface area contributed by atoms with Crippen molar-refractivity contribution < 1.29 is 9.47 Å². The highest BCUT2D eigenvalue weighted by Crippen LogP contribution is 2.35. The summed E-state index contributed by atoms with van der Waals surface area (Å²) in [4.78, 5) is 0. The summed E-state index contributed by atoms with van der Waals surface area (Å²) in [7, 11) is 0. The minimum Gasteiger partial charge on any atom is -0.456 e. The van der Waals surface area contributed by atoms with E-state index in [0.717, 1.165) is 16.7 Å². The zero-order valence-electron chi connectivity index (χ0n) is 14.3. The lowest BCUT2D eigenvalue weighted by Crippen LogP contribution is -1.90. The minimum absolute atomic E-state index is 0.575. The molecule has 0 atom stereocenters. The van der Waals surface area contributed by atoms with Gasteiger partial charge in [0.15, 0.2) is 0 Å². The van der Waals surface area contributed by atoms with Gasteiger partial charge in [-0.1, -0.05) is 35.3 Å². The molecule has 0 aromatic heterocycles. The van der Waals surface area contributed by atoms with Crippen LogP contribution in [0.4, 0.5) is 0 Å². The Labute approximate surface area is 157 Å². The molecule has 0 amide bonds. The molecule has 0 saturated carbocycles. The molecule has 0 spiro atoms. The zero-order valence-corrected chi connectivity index (χ0v) is 15.8. The number of halogens is 2. The fourth-order valence-electron chi connectivity index (χ4n) is 2.46. The van der Waals surface area contributed by atoms with Crippen LogP contribution in [0.3, 0.4) is 0 Å². The molecule has 3 aromatic carbocycles. The molecule has 25 heavy (non-hydrogen) atoms. The SMILES string of the molecule is Cc1cc(Oc2ccc(C)cc2Cl)cc(Oc2ccc(C)cc2Cl)c1. The Balaban J connectivity index is 1.87. The van der Waals surface area contributed by atoms with E-state index in [1.165, 1.54) is 0 Å². The van der Waals surface area contributed by atoms with Crippen molar-refractivity contribution in [3.63, 3.8) is 0 Å². The van der Waals surface area contributed by atoms with Crippen molar-refractivity contribution in [3.05, 3.63) is 81.3 Å². The first-order valence-electron chi connectivity index (χ1n) is 7.90. The summed E-state index contributed by atoms with van der Waals surface area (Å²) in [6.45, 7) is 5.95. The molecule has 0 radical (unpaired) electrons. The van der Waals surface area contributed by atoms with E-state index < -0.39 is 0 Å². The van der Waals surface area contributed by atoms with Crippen LogP contribution in [-0.2, 0) is 0 Å². The molecular weight excluding hydrogens is 355 g/mol. The summed E-state index contributed by atoms with van der Waals surface area (Å²) in [6, 6.07) is 17.1. The van der Waals surface area contributed by atoms with Gasteiger partial charge in [0.05, 0.1) is 10.0 Å². The van der Waals surface area contributed by atoms with Crippen LogP contribution < -0.4 is 9.47 Å². The Hall–Kier alpha value is -2.16. The van der Waals surface area contributed by atoms with Gasteiger partial charge < -0.3 is 9.47 Å². The number of hydrogen-bond donors (Lipinski definition) is 0. The smallest absolute Gasteiger partial charge is 0.146 e. The summed E-state index contributed by atoms with van der Waals surface area (Å²) < 4.78 is 11.9. The van der Waals surface area contributed by atoms with Gasteiger partial charge >= 0.3 is 0 Å². The second kappa shape index (κ2) is 7.38. The third-order valence-electron chi connectivity index (χ3n) is 3.65. The van der Waals surface area contributed by atoms with Crippen LogP contribution >= 0.6 is 23.2 Å². The number of ether oxygens (including phenoxy) is 2. The maximum Gasteiger partial charge on any atom is 0.146 e. The van der Waals surface area contributed by atoms with Crippen molar-refractivity contribution in [2.24, 2.45) is 0 Å². The van der Waals surface area contributed by atoms with Crippen LogP contribution in [0.1, 0.15) is 16.7 Å². The summed E-state index contributed by atoms with van der Waals surface area (Å²) in [6.07, 6.45) is 0. The van der Waals surface area contributed by atoms with Gasteiger partial charge in [-0.3, -0.25) is 0 Å². The van der Waals surface area contributed by atoms with Crippen molar-refractivity contribution in [2.45, 2.75) is 20.8 Å². The fraction of sp³-hybridized carbons (Fsp3) is 0.143. The van der Waals surface area contributed by atoms with Gasteiger partial charge in [0.25, 0.3) is 0 Å². The van der Waals surface area contributed by atoms with Gasteiger partial charge in [-0.05, 0) is 73.9 Å². The fourth-order valence-corrected chi connectivity index (χ4v) is 3.01. The normalized spacial score (nSPS) is 10.6. The quantitative estimate of drug-likeness (QED) is 0.471. The molecule has 0 heterocycles. The Kier molecular flexibility index (Phi) is 5.22. The van der Waals surface area contributed by atoms with Crippen LogP contribution in [-0.4, -0.2) is 0 Å². The molecule has 128 valence electrons. The first-order chi connectivity index (χ1) is 11.9. The molecule has 0 aliphatic rings. The van der Waals surface area contributed by atoms with E-state index in [-0.39, 0.29) is 0 Å². The highest BCUT2D eigenvalue weighted by atomic mass is 35.5. The van der Waals surface area contributed by atoms with Gasteiger partial charge in [-0.2, -0.15) is 0 Å². The lowest BCUT2D eigenvalue weighted by Gasteiger charge is -2.13. The molecule has 0 fully saturated rings. The van der Waals surface area contributed by atoms with Crippen LogP contribution in [0.2, 0.25) is 10.0 Å². The van der Waals surface area contributed by atoms with E-state index in [1.54, 1.807) is 0 Å². The number of hydrogen-bond acceptors (Lipinski definition) is 2. The van der Waals surface area contributed by atoms with Gasteiger partial charge in [0, 0.05) is 6.07 Å². The van der Waals surface area contributed by atoms with E-state index in [1.807, 2.05) is 75.4 Å².